The van der Waals surface area contributed by atoms with E-state index in [2.05, 4.69) is 34.3 Å². The minimum absolute atomic E-state index is 0. The van der Waals surface area contributed by atoms with Crippen molar-refractivity contribution in [1.82, 2.24) is 0 Å². The molecule has 0 aliphatic heterocycles. The summed E-state index contributed by atoms with van der Waals surface area (Å²) in [5, 5.41) is 3.08. The van der Waals surface area contributed by atoms with Crippen LogP contribution in [0.5, 0.6) is 11.5 Å². The summed E-state index contributed by atoms with van der Waals surface area (Å²) in [5.74, 6) is 1.67. The van der Waals surface area contributed by atoms with Gasteiger partial charge < -0.3 is 25.4 Å². The number of nitrogens with two attached hydrogens (primary N) is 1. The summed E-state index contributed by atoms with van der Waals surface area (Å²) >= 11 is 0. The van der Waals surface area contributed by atoms with Gasteiger partial charge in [-0.05, 0) is 31.2 Å². The first kappa shape index (κ1) is 21.9. The molecular formula is C19H27IN4O2. The number of hydrogen-bond acceptors (Lipinski definition) is 4. The molecule has 2 aromatic carbocycles. The van der Waals surface area contributed by atoms with Gasteiger partial charge in [0.2, 0.25) is 0 Å². The maximum atomic E-state index is 6.00. The maximum absolute atomic E-state index is 6.00. The number of ether oxygens (including phenoxy) is 2. The molecule has 0 spiro atoms. The third-order valence-electron chi connectivity index (χ3n) is 4.01. The van der Waals surface area contributed by atoms with E-state index in [1.54, 1.807) is 14.2 Å². The topological polar surface area (TPSA) is 72.1 Å². The molecular weight excluding hydrogens is 443 g/mol. The number of likely N-dealkylation sites (N-methyl/N-ethyl adjacent to an activating group) is 1. The molecule has 2 rings (SSSR count). The number of nitrogens with zero attached hydrogens (tertiary/aromatic N) is 2. The van der Waals surface area contributed by atoms with Crippen molar-refractivity contribution in [3.63, 3.8) is 0 Å². The van der Waals surface area contributed by atoms with Gasteiger partial charge in [-0.2, -0.15) is 0 Å². The van der Waals surface area contributed by atoms with Crippen LogP contribution in [0.2, 0.25) is 0 Å². The zero-order valence-corrected chi connectivity index (χ0v) is 17.9. The van der Waals surface area contributed by atoms with Crippen LogP contribution in [0.15, 0.2) is 53.5 Å². The largest absolute Gasteiger partial charge is 0.493 e. The number of hydrogen-bond donors (Lipinski definition) is 2. The van der Waals surface area contributed by atoms with Crippen LogP contribution < -0.4 is 25.4 Å². The van der Waals surface area contributed by atoms with Crippen molar-refractivity contribution in [3.8, 4) is 11.5 Å². The molecule has 7 heteroatoms. The maximum Gasteiger partial charge on any atom is 0.193 e. The molecule has 142 valence electrons. The van der Waals surface area contributed by atoms with E-state index in [1.807, 2.05) is 43.4 Å². The Morgan fingerprint density at radius 2 is 1.77 bits per heavy atom. The quantitative estimate of drug-likeness (QED) is 0.368. The first-order valence-electron chi connectivity index (χ1n) is 8.12. The van der Waals surface area contributed by atoms with Crippen molar-refractivity contribution in [1.29, 1.82) is 0 Å². The molecule has 26 heavy (non-hydrogen) atoms. The molecule has 0 aliphatic rings. The summed E-state index contributed by atoms with van der Waals surface area (Å²) in [6.07, 6.45) is 0. The van der Waals surface area contributed by atoms with E-state index in [9.17, 15) is 0 Å². The molecule has 3 N–H and O–H groups in total. The number of guanidine groups is 1. The van der Waals surface area contributed by atoms with E-state index >= 15 is 0 Å². The van der Waals surface area contributed by atoms with Crippen molar-refractivity contribution in [2.45, 2.75) is 13.0 Å². The first-order valence-corrected chi connectivity index (χ1v) is 8.12. The van der Waals surface area contributed by atoms with E-state index in [0.717, 1.165) is 11.4 Å². The highest BCUT2D eigenvalue weighted by atomic mass is 127. The third kappa shape index (κ3) is 5.98. The van der Waals surface area contributed by atoms with Crippen LogP contribution in [0.1, 0.15) is 6.92 Å². The fourth-order valence-corrected chi connectivity index (χ4v) is 2.37. The second-order valence-electron chi connectivity index (χ2n) is 5.72. The van der Waals surface area contributed by atoms with Crippen LogP contribution in [0.25, 0.3) is 0 Å². The molecule has 0 aromatic heterocycles. The molecule has 0 heterocycles. The van der Waals surface area contributed by atoms with Crippen molar-refractivity contribution >= 4 is 41.3 Å². The van der Waals surface area contributed by atoms with Gasteiger partial charge in [-0.15, -0.1) is 24.0 Å². The Morgan fingerprint density at radius 3 is 2.38 bits per heavy atom. The predicted molar refractivity (Wildman–Crippen MR) is 119 cm³/mol. The van der Waals surface area contributed by atoms with Gasteiger partial charge in [-0.3, -0.25) is 4.99 Å². The zero-order valence-electron chi connectivity index (χ0n) is 15.6. The molecule has 0 bridgehead atoms. The lowest BCUT2D eigenvalue weighted by atomic mass is 10.2. The highest BCUT2D eigenvalue weighted by Crippen LogP contribution is 2.29. The smallest absolute Gasteiger partial charge is 0.193 e. The van der Waals surface area contributed by atoms with Gasteiger partial charge >= 0.3 is 0 Å². The van der Waals surface area contributed by atoms with E-state index in [4.69, 9.17) is 15.2 Å². The van der Waals surface area contributed by atoms with Crippen LogP contribution in [0.4, 0.5) is 11.4 Å². The monoisotopic (exact) mass is 470 g/mol. The lowest BCUT2D eigenvalue weighted by Crippen LogP contribution is -2.33. The van der Waals surface area contributed by atoms with Crippen LogP contribution >= 0.6 is 24.0 Å². The first-order chi connectivity index (χ1) is 12.0. The summed E-state index contributed by atoms with van der Waals surface area (Å²) in [6.45, 7) is 2.69. The second-order valence-corrected chi connectivity index (χ2v) is 5.72. The molecule has 0 saturated heterocycles. The van der Waals surface area contributed by atoms with Crippen LogP contribution in [0.3, 0.4) is 0 Å². The van der Waals surface area contributed by atoms with Gasteiger partial charge in [0.15, 0.2) is 17.5 Å². The van der Waals surface area contributed by atoms with Crippen LogP contribution in [-0.4, -0.2) is 39.8 Å². The fraction of sp³-hybridized carbons (Fsp3) is 0.316. The standard InChI is InChI=1S/C19H26N4O2.HI/c1-14(23(2)16-8-6-5-7-9-16)13-21-19(20)22-15-10-11-17(24-3)18(12-15)25-4;/h5-12,14H,13H2,1-4H3,(H3,20,21,22);1H. The third-order valence-corrected chi connectivity index (χ3v) is 4.01. The molecule has 6 nitrogen and oxygen atoms in total. The Labute approximate surface area is 172 Å². The van der Waals surface area contributed by atoms with Gasteiger partial charge in [0, 0.05) is 30.5 Å². The fourth-order valence-electron chi connectivity index (χ4n) is 2.37. The molecule has 2 aromatic rings. The Bertz CT molecular complexity index is 710. The van der Waals surface area contributed by atoms with E-state index < -0.39 is 0 Å². The molecule has 0 aliphatic carbocycles. The molecule has 1 atom stereocenters. The van der Waals surface area contributed by atoms with Crippen molar-refractivity contribution in [2.24, 2.45) is 10.7 Å². The van der Waals surface area contributed by atoms with Crippen LogP contribution in [0, 0.1) is 0 Å². The van der Waals surface area contributed by atoms with Crippen molar-refractivity contribution in [3.05, 3.63) is 48.5 Å². The molecule has 0 fully saturated rings. The molecule has 0 radical (unpaired) electrons. The second kappa shape index (κ2) is 10.7. The summed E-state index contributed by atoms with van der Waals surface area (Å²) in [6, 6.07) is 15.9. The Hall–Kier alpha value is -2.16. The number of nitrogens with one attached hydrogen (secondary N) is 1. The SMILES string of the molecule is COc1ccc(NC(N)=NCC(C)N(C)c2ccccc2)cc1OC.I. The minimum atomic E-state index is 0. The molecule has 1 unspecified atom stereocenters. The van der Waals surface area contributed by atoms with E-state index in [1.165, 1.54) is 0 Å². The van der Waals surface area contributed by atoms with E-state index in [-0.39, 0.29) is 30.0 Å². The summed E-state index contributed by atoms with van der Waals surface area (Å²) in [7, 11) is 5.25. The number of aliphatic imine (C=N–C) groups is 1. The van der Waals surface area contributed by atoms with Crippen molar-refractivity contribution < 1.29 is 9.47 Å². The normalized spacial score (nSPS) is 11.9. The van der Waals surface area contributed by atoms with Crippen LogP contribution in [-0.2, 0) is 0 Å². The lowest BCUT2D eigenvalue weighted by Gasteiger charge is -2.25. The number of para-hydroxylation sites is 1. The Morgan fingerprint density at radius 1 is 1.12 bits per heavy atom. The average molecular weight is 470 g/mol. The zero-order chi connectivity index (χ0) is 18.2. The summed E-state index contributed by atoms with van der Waals surface area (Å²) < 4.78 is 10.5. The van der Waals surface area contributed by atoms with Gasteiger partial charge in [0.1, 0.15) is 0 Å². The number of methoxy groups -OCH3 is 2. The highest BCUT2D eigenvalue weighted by molar-refractivity contribution is 14.0. The minimum Gasteiger partial charge on any atom is -0.493 e. The van der Waals surface area contributed by atoms with Crippen molar-refractivity contribution in [2.75, 3.05) is 38.0 Å². The van der Waals surface area contributed by atoms with Gasteiger partial charge in [0.05, 0.1) is 20.8 Å². The highest BCUT2D eigenvalue weighted by Gasteiger charge is 2.09. The Kier molecular flexibility index (Phi) is 9.04. The molecule has 0 saturated carbocycles. The number of halogens is 1. The number of anilines is 2. The summed E-state index contributed by atoms with van der Waals surface area (Å²) in [5.41, 5.74) is 7.95. The predicted octanol–water partition coefficient (Wildman–Crippen LogP) is 3.57. The Balaban J connectivity index is 0.00000338. The van der Waals surface area contributed by atoms with Gasteiger partial charge in [0.25, 0.3) is 0 Å². The average Bonchev–Trinajstić information content (AvgIpc) is 2.66. The lowest BCUT2D eigenvalue weighted by molar-refractivity contribution is 0.355. The van der Waals surface area contributed by atoms with Gasteiger partial charge in [-0.25, -0.2) is 0 Å². The van der Waals surface area contributed by atoms with E-state index in [0.29, 0.717) is 24.0 Å². The number of benzene rings is 2. The van der Waals surface area contributed by atoms with Gasteiger partial charge in [-0.1, -0.05) is 18.2 Å². The summed E-state index contributed by atoms with van der Waals surface area (Å²) in [4.78, 5) is 6.61. The number of rotatable bonds is 7. The molecule has 0 amide bonds.